The summed E-state index contributed by atoms with van der Waals surface area (Å²) in [6, 6.07) is 69.4. The third-order valence-corrected chi connectivity index (χ3v) is 12.5. The zero-order chi connectivity index (χ0) is 40.0. The van der Waals surface area contributed by atoms with Gasteiger partial charge in [0.25, 0.3) is 0 Å². The lowest BCUT2D eigenvalue weighted by atomic mass is 9.82. The molecule has 284 valence electrons. The fraction of sp³-hybridized carbons (Fsp3) is 0.0536. The van der Waals surface area contributed by atoms with Crippen LogP contribution in [0.3, 0.4) is 0 Å². The van der Waals surface area contributed by atoms with Crippen molar-refractivity contribution in [1.29, 1.82) is 0 Å². The summed E-state index contributed by atoms with van der Waals surface area (Å²) in [7, 11) is 0. The number of oxazole rings is 1. The average molecular weight is 771 g/mol. The van der Waals surface area contributed by atoms with Gasteiger partial charge in [-0.15, -0.1) is 0 Å². The highest BCUT2D eigenvalue weighted by molar-refractivity contribution is 6.10. The first-order chi connectivity index (χ1) is 29.5. The Hall–Kier alpha value is -7.69. The number of hydrogen-bond acceptors (Lipinski definition) is 4. The predicted molar refractivity (Wildman–Crippen MR) is 247 cm³/mol. The number of rotatable bonds is 6. The molecule has 12 rings (SSSR count). The van der Waals surface area contributed by atoms with E-state index in [2.05, 4.69) is 176 Å². The lowest BCUT2D eigenvalue weighted by Gasteiger charge is -2.28. The van der Waals surface area contributed by atoms with Crippen LogP contribution in [0.4, 0.5) is 17.1 Å². The molecule has 2 heterocycles. The van der Waals surface area contributed by atoms with E-state index in [1.807, 2.05) is 36.4 Å². The topological polar surface area (TPSA) is 42.4 Å². The first-order valence-electron chi connectivity index (χ1n) is 20.5. The third kappa shape index (κ3) is 5.41. The van der Waals surface area contributed by atoms with E-state index in [1.54, 1.807) is 0 Å². The summed E-state index contributed by atoms with van der Waals surface area (Å²) >= 11 is 0. The summed E-state index contributed by atoms with van der Waals surface area (Å²) in [5.74, 6) is 0.603. The van der Waals surface area contributed by atoms with Crippen LogP contribution in [0.1, 0.15) is 25.0 Å². The predicted octanol–water partition coefficient (Wildman–Crippen LogP) is 15.7. The smallest absolute Gasteiger partial charge is 0.227 e. The Balaban J connectivity index is 0.958. The molecule has 2 aromatic heterocycles. The van der Waals surface area contributed by atoms with Gasteiger partial charge in [-0.1, -0.05) is 135 Å². The van der Waals surface area contributed by atoms with Gasteiger partial charge in [0.2, 0.25) is 5.89 Å². The van der Waals surface area contributed by atoms with Crippen LogP contribution in [-0.2, 0) is 5.41 Å². The van der Waals surface area contributed by atoms with Gasteiger partial charge in [0.05, 0.1) is 0 Å². The SMILES string of the molecule is CC1(C)c2ccccc2-c2ccc(N(c3ccc(-c4ccc5oc6cc7nc(-c8ccccc8)oc7cc6c5c4)cc3)c3cccc(-c4cccc5ccccc45)c3)cc21. The number of hydrogen-bond donors (Lipinski definition) is 0. The Labute approximate surface area is 347 Å². The maximum atomic E-state index is 6.36. The van der Waals surface area contributed by atoms with Gasteiger partial charge in [0, 0.05) is 44.9 Å². The lowest BCUT2D eigenvalue weighted by molar-refractivity contribution is 0.620. The molecule has 0 fully saturated rings. The van der Waals surface area contributed by atoms with E-state index < -0.39 is 0 Å². The summed E-state index contributed by atoms with van der Waals surface area (Å²) in [5.41, 5.74) is 17.2. The van der Waals surface area contributed by atoms with Crippen molar-refractivity contribution in [2.24, 2.45) is 0 Å². The largest absolute Gasteiger partial charge is 0.456 e. The van der Waals surface area contributed by atoms with Crippen molar-refractivity contribution in [2.45, 2.75) is 19.3 Å². The molecule has 0 radical (unpaired) electrons. The van der Waals surface area contributed by atoms with Crippen molar-refractivity contribution >= 4 is 60.9 Å². The monoisotopic (exact) mass is 770 g/mol. The summed E-state index contributed by atoms with van der Waals surface area (Å²) in [6.07, 6.45) is 0. The second-order valence-corrected chi connectivity index (χ2v) is 16.4. The van der Waals surface area contributed by atoms with E-state index in [1.165, 1.54) is 44.2 Å². The minimum atomic E-state index is -0.123. The fourth-order valence-corrected chi connectivity index (χ4v) is 9.45. The van der Waals surface area contributed by atoms with E-state index in [4.69, 9.17) is 13.8 Å². The first-order valence-corrected chi connectivity index (χ1v) is 20.5. The molecule has 4 nitrogen and oxygen atoms in total. The number of fused-ring (bicyclic) bond motifs is 8. The molecule has 0 N–H and O–H groups in total. The number of nitrogens with zero attached hydrogens (tertiary/aromatic N) is 2. The van der Waals surface area contributed by atoms with E-state index >= 15 is 0 Å². The Morgan fingerprint density at radius 1 is 0.400 bits per heavy atom. The van der Waals surface area contributed by atoms with Gasteiger partial charge in [-0.2, -0.15) is 0 Å². The standard InChI is InChI=1S/C56H38N2O2/c1-56(2)49-21-9-8-19-45(49)46-28-27-42(32-50(46)56)58(41-17-10-16-39(30-41)44-20-11-15-36-12-6-7-18-43(36)44)40-25-22-35(23-26-40)38-24-29-52-47(31-38)48-33-54-51(34-53(48)59-52)57-55(60-54)37-13-4-3-5-14-37/h3-34H,1-2H3. The van der Waals surface area contributed by atoms with Crippen LogP contribution in [0.15, 0.2) is 203 Å². The van der Waals surface area contributed by atoms with Crippen LogP contribution in [-0.4, -0.2) is 4.98 Å². The highest BCUT2D eigenvalue weighted by Crippen LogP contribution is 2.51. The molecule has 0 saturated carbocycles. The molecule has 11 aromatic rings. The zero-order valence-electron chi connectivity index (χ0n) is 33.2. The normalized spacial score (nSPS) is 13.0. The van der Waals surface area contributed by atoms with Crippen LogP contribution in [0, 0.1) is 0 Å². The summed E-state index contributed by atoms with van der Waals surface area (Å²) in [4.78, 5) is 7.17. The van der Waals surface area contributed by atoms with Crippen molar-refractivity contribution in [3.05, 3.63) is 205 Å². The molecule has 0 aliphatic heterocycles. The summed E-state index contributed by atoms with van der Waals surface area (Å²) in [6.45, 7) is 4.69. The van der Waals surface area contributed by atoms with Gasteiger partial charge in [0.15, 0.2) is 5.58 Å². The molecule has 0 saturated heterocycles. The van der Waals surface area contributed by atoms with Gasteiger partial charge in [0.1, 0.15) is 16.7 Å². The van der Waals surface area contributed by atoms with Crippen LogP contribution >= 0.6 is 0 Å². The molecule has 1 aliphatic carbocycles. The number of benzene rings is 9. The minimum absolute atomic E-state index is 0.123. The Morgan fingerprint density at radius 2 is 1.08 bits per heavy atom. The number of aromatic nitrogens is 1. The van der Waals surface area contributed by atoms with Crippen molar-refractivity contribution in [3.8, 4) is 44.8 Å². The molecular formula is C56H38N2O2. The van der Waals surface area contributed by atoms with Crippen molar-refractivity contribution in [1.82, 2.24) is 4.98 Å². The molecule has 0 amide bonds. The van der Waals surface area contributed by atoms with Gasteiger partial charge in [-0.25, -0.2) is 4.98 Å². The second-order valence-electron chi connectivity index (χ2n) is 16.4. The summed E-state index contributed by atoms with van der Waals surface area (Å²) in [5, 5.41) is 4.53. The quantitative estimate of drug-likeness (QED) is 0.169. The van der Waals surface area contributed by atoms with Crippen LogP contribution in [0.2, 0.25) is 0 Å². The lowest BCUT2D eigenvalue weighted by Crippen LogP contribution is -2.16. The van der Waals surface area contributed by atoms with E-state index in [0.29, 0.717) is 5.89 Å². The Kier molecular flexibility index (Phi) is 7.54. The van der Waals surface area contributed by atoms with Gasteiger partial charge >= 0.3 is 0 Å². The molecule has 0 bridgehead atoms. The third-order valence-electron chi connectivity index (χ3n) is 12.5. The van der Waals surface area contributed by atoms with Crippen LogP contribution in [0.5, 0.6) is 0 Å². The maximum Gasteiger partial charge on any atom is 0.227 e. The minimum Gasteiger partial charge on any atom is -0.456 e. The Bertz CT molecular complexity index is 3460. The van der Waals surface area contributed by atoms with E-state index in [9.17, 15) is 0 Å². The molecule has 60 heavy (non-hydrogen) atoms. The second kappa shape index (κ2) is 13.2. The zero-order valence-corrected chi connectivity index (χ0v) is 33.2. The van der Waals surface area contributed by atoms with Crippen LogP contribution in [0.25, 0.3) is 88.6 Å². The molecule has 0 atom stereocenters. The van der Waals surface area contributed by atoms with Crippen molar-refractivity contribution in [2.75, 3.05) is 4.90 Å². The number of furan rings is 1. The maximum absolute atomic E-state index is 6.36. The fourth-order valence-electron chi connectivity index (χ4n) is 9.45. The molecule has 1 aliphatic rings. The Morgan fingerprint density at radius 3 is 1.98 bits per heavy atom. The first kappa shape index (κ1) is 34.4. The molecule has 9 aromatic carbocycles. The van der Waals surface area contributed by atoms with Crippen molar-refractivity contribution in [3.63, 3.8) is 0 Å². The van der Waals surface area contributed by atoms with Crippen molar-refractivity contribution < 1.29 is 8.83 Å². The van der Waals surface area contributed by atoms with Gasteiger partial charge < -0.3 is 13.7 Å². The molecule has 4 heteroatoms. The highest BCUT2D eigenvalue weighted by Gasteiger charge is 2.35. The molecular weight excluding hydrogens is 733 g/mol. The molecule has 0 unspecified atom stereocenters. The number of anilines is 3. The van der Waals surface area contributed by atoms with Crippen LogP contribution < -0.4 is 4.90 Å². The summed E-state index contributed by atoms with van der Waals surface area (Å²) < 4.78 is 12.6. The molecule has 0 spiro atoms. The highest BCUT2D eigenvalue weighted by atomic mass is 16.4. The van der Waals surface area contributed by atoms with Gasteiger partial charge in [-0.05, 0) is 122 Å². The van der Waals surface area contributed by atoms with E-state index in [0.717, 1.165) is 66.8 Å². The average Bonchev–Trinajstić information content (AvgIpc) is 3.95. The van der Waals surface area contributed by atoms with E-state index in [-0.39, 0.29) is 5.41 Å². The van der Waals surface area contributed by atoms with Gasteiger partial charge in [-0.3, -0.25) is 0 Å².